The molecule has 3 N–H and O–H groups in total. The van der Waals surface area contributed by atoms with Crippen molar-refractivity contribution in [1.82, 2.24) is 15.0 Å². The summed E-state index contributed by atoms with van der Waals surface area (Å²) in [5, 5.41) is 3.25. The quantitative estimate of drug-likeness (QED) is 0.452. The van der Waals surface area contributed by atoms with Gasteiger partial charge in [0.15, 0.2) is 12.4 Å². The van der Waals surface area contributed by atoms with Crippen molar-refractivity contribution in [2.75, 3.05) is 17.7 Å². The van der Waals surface area contributed by atoms with Crippen molar-refractivity contribution >= 4 is 17.3 Å². The Morgan fingerprint density at radius 3 is 2.76 bits per heavy atom. The van der Waals surface area contributed by atoms with E-state index in [0.717, 1.165) is 16.8 Å². The fraction of sp³-hybridized carbons (Fsp3) is 0.182. The molecule has 0 bridgehead atoms. The number of pyridine rings is 1. The number of nitrogens with zero attached hydrogens (tertiary/aromatic N) is 3. The van der Waals surface area contributed by atoms with Crippen molar-refractivity contribution in [2.45, 2.75) is 19.9 Å². The first-order valence-corrected chi connectivity index (χ1v) is 9.05. The standard InChI is InChI=1S/C22H21N5O2/c1-2-3-10-29-21-15-26-19(14-27-21)20(28)12-16-6-4-7-17(11-16)13-25-18-8-5-9-24-22(18)23/h4-9,11,14-15,25H,10,12-13H2,1H3,(H2,23,24). The number of carbonyl (C=O) groups excluding carboxylic acids is 1. The van der Waals surface area contributed by atoms with Crippen molar-refractivity contribution in [3.63, 3.8) is 0 Å². The van der Waals surface area contributed by atoms with Crippen LogP contribution in [0, 0.1) is 11.8 Å². The van der Waals surface area contributed by atoms with E-state index in [9.17, 15) is 4.79 Å². The Balaban J connectivity index is 1.59. The Bertz CT molecular complexity index is 1040. The predicted molar refractivity (Wildman–Crippen MR) is 111 cm³/mol. The summed E-state index contributed by atoms with van der Waals surface area (Å²) in [6.07, 6.45) is 4.74. The van der Waals surface area contributed by atoms with Gasteiger partial charge in [-0.1, -0.05) is 30.2 Å². The molecule has 7 heteroatoms. The minimum atomic E-state index is -0.112. The van der Waals surface area contributed by atoms with E-state index >= 15 is 0 Å². The van der Waals surface area contributed by atoms with Crippen LogP contribution in [0.3, 0.4) is 0 Å². The van der Waals surface area contributed by atoms with E-state index in [4.69, 9.17) is 10.5 Å². The molecule has 2 aromatic heterocycles. The van der Waals surface area contributed by atoms with E-state index < -0.39 is 0 Å². The van der Waals surface area contributed by atoms with E-state index in [2.05, 4.69) is 32.1 Å². The molecule has 3 aromatic rings. The zero-order valence-corrected chi connectivity index (χ0v) is 16.1. The van der Waals surface area contributed by atoms with Crippen molar-refractivity contribution < 1.29 is 9.53 Å². The number of anilines is 2. The van der Waals surface area contributed by atoms with Crippen LogP contribution in [0.25, 0.3) is 0 Å². The number of aromatic nitrogens is 3. The molecular weight excluding hydrogens is 366 g/mol. The highest BCUT2D eigenvalue weighted by atomic mass is 16.5. The van der Waals surface area contributed by atoms with Crippen LogP contribution in [0.2, 0.25) is 0 Å². The Hall–Kier alpha value is -3.92. The van der Waals surface area contributed by atoms with E-state index in [1.54, 1.807) is 13.1 Å². The molecule has 0 fully saturated rings. The third kappa shape index (κ3) is 5.78. The molecule has 0 aliphatic heterocycles. The first-order chi connectivity index (χ1) is 14.2. The van der Waals surface area contributed by atoms with Crippen LogP contribution in [-0.2, 0) is 13.0 Å². The van der Waals surface area contributed by atoms with Gasteiger partial charge in [0.05, 0.1) is 18.1 Å². The lowest BCUT2D eigenvalue weighted by atomic mass is 10.0. The van der Waals surface area contributed by atoms with Gasteiger partial charge in [-0.25, -0.2) is 15.0 Å². The zero-order chi connectivity index (χ0) is 20.5. The summed E-state index contributed by atoms with van der Waals surface area (Å²) in [7, 11) is 0. The Morgan fingerprint density at radius 2 is 2.00 bits per heavy atom. The highest BCUT2D eigenvalue weighted by Crippen LogP contribution is 2.16. The van der Waals surface area contributed by atoms with Crippen molar-refractivity contribution in [3.05, 3.63) is 71.8 Å². The van der Waals surface area contributed by atoms with Crippen LogP contribution < -0.4 is 15.8 Å². The predicted octanol–water partition coefficient (Wildman–Crippen LogP) is 2.89. The first-order valence-electron chi connectivity index (χ1n) is 9.05. The van der Waals surface area contributed by atoms with Gasteiger partial charge >= 0.3 is 0 Å². The van der Waals surface area contributed by atoms with E-state index in [1.807, 2.05) is 36.4 Å². The van der Waals surface area contributed by atoms with Crippen LogP contribution in [0.4, 0.5) is 11.5 Å². The molecule has 0 atom stereocenters. The van der Waals surface area contributed by atoms with E-state index in [-0.39, 0.29) is 18.8 Å². The third-order valence-electron chi connectivity index (χ3n) is 4.06. The molecule has 0 saturated carbocycles. The molecule has 0 saturated heterocycles. The number of hydrogen-bond acceptors (Lipinski definition) is 7. The second-order valence-electron chi connectivity index (χ2n) is 6.16. The Labute approximate surface area is 169 Å². The maximum Gasteiger partial charge on any atom is 0.233 e. The van der Waals surface area contributed by atoms with Crippen molar-refractivity contribution in [1.29, 1.82) is 0 Å². The van der Waals surface area contributed by atoms with Crippen LogP contribution in [0.5, 0.6) is 5.88 Å². The molecule has 3 rings (SSSR count). The largest absolute Gasteiger partial charge is 0.463 e. The summed E-state index contributed by atoms with van der Waals surface area (Å²) >= 11 is 0. The van der Waals surface area contributed by atoms with Gasteiger partial charge in [0.25, 0.3) is 0 Å². The molecular formula is C22H21N5O2. The normalized spacial score (nSPS) is 9.97. The van der Waals surface area contributed by atoms with Gasteiger partial charge in [-0.15, -0.1) is 5.92 Å². The molecule has 0 amide bonds. The molecule has 29 heavy (non-hydrogen) atoms. The lowest BCUT2D eigenvalue weighted by Crippen LogP contribution is -2.08. The molecule has 0 spiro atoms. The number of nitrogens with one attached hydrogen (secondary N) is 1. The molecule has 146 valence electrons. The highest BCUT2D eigenvalue weighted by molar-refractivity contribution is 5.95. The number of nitrogen functional groups attached to an aromatic ring is 1. The smallest absolute Gasteiger partial charge is 0.233 e. The van der Waals surface area contributed by atoms with Gasteiger partial charge in [-0.3, -0.25) is 4.79 Å². The molecule has 1 aromatic carbocycles. The Morgan fingerprint density at radius 1 is 1.14 bits per heavy atom. The third-order valence-corrected chi connectivity index (χ3v) is 4.06. The number of carbonyl (C=O) groups is 1. The van der Waals surface area contributed by atoms with Crippen LogP contribution >= 0.6 is 0 Å². The second-order valence-corrected chi connectivity index (χ2v) is 6.16. The van der Waals surface area contributed by atoms with Crippen molar-refractivity contribution in [3.8, 4) is 17.7 Å². The number of Topliss-reactive ketones (excluding diaryl/α,β-unsaturated/α-hetero) is 1. The van der Waals surface area contributed by atoms with Gasteiger partial charge < -0.3 is 15.8 Å². The fourth-order valence-corrected chi connectivity index (χ4v) is 2.61. The summed E-state index contributed by atoms with van der Waals surface area (Å²) in [5.74, 6) is 6.18. The average Bonchev–Trinajstić information content (AvgIpc) is 2.74. The summed E-state index contributed by atoms with van der Waals surface area (Å²) in [5.41, 5.74) is 8.84. The van der Waals surface area contributed by atoms with E-state index in [0.29, 0.717) is 23.9 Å². The number of benzene rings is 1. The minimum absolute atomic E-state index is 0.112. The molecule has 7 nitrogen and oxygen atoms in total. The van der Waals surface area contributed by atoms with Gasteiger partial charge in [-0.2, -0.15) is 0 Å². The van der Waals surface area contributed by atoms with Gasteiger partial charge in [0.1, 0.15) is 11.5 Å². The number of hydrogen-bond donors (Lipinski definition) is 2. The number of ether oxygens (including phenoxy) is 1. The van der Waals surface area contributed by atoms with Gasteiger partial charge in [0, 0.05) is 19.2 Å². The van der Waals surface area contributed by atoms with Crippen LogP contribution in [-0.4, -0.2) is 27.3 Å². The van der Waals surface area contributed by atoms with E-state index in [1.165, 1.54) is 12.4 Å². The second kappa shape index (κ2) is 9.85. The lowest BCUT2D eigenvalue weighted by molar-refractivity contribution is 0.0987. The Kier molecular flexibility index (Phi) is 6.74. The van der Waals surface area contributed by atoms with Gasteiger partial charge in [0.2, 0.25) is 5.88 Å². The van der Waals surface area contributed by atoms with Crippen LogP contribution in [0.15, 0.2) is 55.0 Å². The SMILES string of the molecule is CC#CCOc1cnc(C(=O)Cc2cccc(CNc3cccnc3N)c2)cn1. The van der Waals surface area contributed by atoms with Gasteiger partial charge in [-0.05, 0) is 30.2 Å². The topological polar surface area (TPSA) is 103 Å². The number of ketones is 1. The maximum atomic E-state index is 12.5. The zero-order valence-electron chi connectivity index (χ0n) is 16.1. The lowest BCUT2D eigenvalue weighted by Gasteiger charge is -2.09. The number of nitrogens with two attached hydrogens (primary N) is 1. The fourth-order valence-electron chi connectivity index (χ4n) is 2.61. The summed E-state index contributed by atoms with van der Waals surface area (Å²) < 4.78 is 5.31. The van der Waals surface area contributed by atoms with Crippen molar-refractivity contribution in [2.24, 2.45) is 0 Å². The maximum absolute atomic E-state index is 12.5. The molecule has 2 heterocycles. The van der Waals surface area contributed by atoms with Crippen LogP contribution in [0.1, 0.15) is 28.5 Å². The summed E-state index contributed by atoms with van der Waals surface area (Å²) in [6.45, 7) is 2.55. The minimum Gasteiger partial charge on any atom is -0.463 e. The molecule has 0 aliphatic rings. The summed E-state index contributed by atoms with van der Waals surface area (Å²) in [4.78, 5) is 24.8. The monoisotopic (exact) mass is 387 g/mol. The molecule has 0 aliphatic carbocycles. The molecule has 0 unspecified atom stereocenters. The average molecular weight is 387 g/mol. The first kappa shape index (κ1) is 19.8. The highest BCUT2D eigenvalue weighted by Gasteiger charge is 2.10. The molecule has 0 radical (unpaired) electrons. The number of rotatable bonds is 8. The summed E-state index contributed by atoms with van der Waals surface area (Å²) in [6, 6.07) is 11.5.